The van der Waals surface area contributed by atoms with E-state index in [9.17, 15) is 4.39 Å². The first-order valence-corrected chi connectivity index (χ1v) is 6.07. The minimum atomic E-state index is -0.312. The maximum atomic E-state index is 13.8. The maximum Gasteiger partial charge on any atom is 0.151 e. The van der Waals surface area contributed by atoms with E-state index in [2.05, 4.69) is 9.97 Å². The Morgan fingerprint density at radius 2 is 2.16 bits per heavy atom. The Morgan fingerprint density at radius 3 is 2.89 bits per heavy atom. The molecule has 0 amide bonds. The molecule has 3 aromatic rings. The Morgan fingerprint density at radius 1 is 1.32 bits per heavy atom. The minimum Gasteiger partial charge on any atom is -0.384 e. The van der Waals surface area contributed by atoms with E-state index in [0.717, 1.165) is 11.1 Å². The largest absolute Gasteiger partial charge is 0.384 e. The standard InChI is InChI=1S/C14H13FN4/c1-2-19-11-5-3-4-10(15)13(11)18-14(19)9-6-7-17-12(16)8-9/h3-8H,2H2,1H3,(H2,16,17). The molecule has 0 aliphatic heterocycles. The molecule has 0 unspecified atom stereocenters. The number of fused-ring (bicyclic) bond motifs is 1. The summed E-state index contributed by atoms with van der Waals surface area (Å²) in [7, 11) is 0. The number of hydrogen-bond donors (Lipinski definition) is 1. The lowest BCUT2D eigenvalue weighted by atomic mass is 10.2. The summed E-state index contributed by atoms with van der Waals surface area (Å²) in [5.74, 6) is 0.817. The summed E-state index contributed by atoms with van der Waals surface area (Å²) >= 11 is 0. The van der Waals surface area contributed by atoms with Crippen molar-refractivity contribution in [1.82, 2.24) is 14.5 Å². The van der Waals surface area contributed by atoms with Crippen LogP contribution in [0.5, 0.6) is 0 Å². The van der Waals surface area contributed by atoms with Gasteiger partial charge in [0.1, 0.15) is 17.2 Å². The van der Waals surface area contributed by atoms with Crippen molar-refractivity contribution in [2.24, 2.45) is 0 Å². The van der Waals surface area contributed by atoms with Crippen molar-refractivity contribution in [2.75, 3.05) is 5.73 Å². The van der Waals surface area contributed by atoms with Crippen LogP contribution in [0.2, 0.25) is 0 Å². The van der Waals surface area contributed by atoms with Crippen LogP contribution in [0.3, 0.4) is 0 Å². The second-order valence-electron chi connectivity index (χ2n) is 4.26. The van der Waals surface area contributed by atoms with E-state index in [4.69, 9.17) is 5.73 Å². The van der Waals surface area contributed by atoms with E-state index in [1.807, 2.05) is 23.6 Å². The molecule has 0 spiro atoms. The zero-order valence-electron chi connectivity index (χ0n) is 10.5. The van der Waals surface area contributed by atoms with Crippen LogP contribution in [-0.2, 0) is 6.54 Å². The Bertz CT molecular complexity index is 748. The van der Waals surface area contributed by atoms with Crippen LogP contribution in [0.25, 0.3) is 22.4 Å². The normalized spacial score (nSPS) is 11.1. The van der Waals surface area contributed by atoms with Crippen molar-refractivity contribution < 1.29 is 4.39 Å². The highest BCUT2D eigenvalue weighted by atomic mass is 19.1. The molecule has 0 fully saturated rings. The van der Waals surface area contributed by atoms with Crippen LogP contribution in [0.1, 0.15) is 6.92 Å². The van der Waals surface area contributed by atoms with Crippen molar-refractivity contribution in [3.63, 3.8) is 0 Å². The number of rotatable bonds is 2. The van der Waals surface area contributed by atoms with Crippen LogP contribution in [0, 0.1) is 5.82 Å². The number of para-hydroxylation sites is 1. The van der Waals surface area contributed by atoms with Gasteiger partial charge in [0.2, 0.25) is 0 Å². The number of pyridine rings is 1. The molecule has 3 rings (SSSR count). The lowest BCUT2D eigenvalue weighted by molar-refractivity contribution is 0.637. The number of nitrogen functional groups attached to an aromatic ring is 1. The zero-order chi connectivity index (χ0) is 13.4. The molecule has 0 saturated heterocycles. The first-order valence-electron chi connectivity index (χ1n) is 6.07. The number of hydrogen-bond acceptors (Lipinski definition) is 3. The van der Waals surface area contributed by atoms with Crippen LogP contribution in [0.4, 0.5) is 10.2 Å². The highest BCUT2D eigenvalue weighted by Crippen LogP contribution is 2.26. The van der Waals surface area contributed by atoms with Gasteiger partial charge in [-0.25, -0.2) is 14.4 Å². The molecule has 4 nitrogen and oxygen atoms in total. The third-order valence-corrected chi connectivity index (χ3v) is 3.09. The number of aryl methyl sites for hydroxylation is 1. The SMILES string of the molecule is CCn1c(-c2ccnc(N)c2)nc2c(F)cccc21. The number of halogens is 1. The molecule has 0 radical (unpaired) electrons. The second-order valence-corrected chi connectivity index (χ2v) is 4.26. The summed E-state index contributed by atoms with van der Waals surface area (Å²) in [4.78, 5) is 8.36. The van der Waals surface area contributed by atoms with Gasteiger partial charge in [0.25, 0.3) is 0 Å². The molecule has 2 N–H and O–H groups in total. The number of imidazole rings is 1. The highest BCUT2D eigenvalue weighted by molar-refractivity contribution is 5.81. The highest BCUT2D eigenvalue weighted by Gasteiger charge is 2.14. The summed E-state index contributed by atoms with van der Waals surface area (Å²) in [5.41, 5.74) is 7.70. The summed E-state index contributed by atoms with van der Waals surface area (Å²) in [6.45, 7) is 2.71. The summed E-state index contributed by atoms with van der Waals surface area (Å²) < 4.78 is 15.8. The molecule has 19 heavy (non-hydrogen) atoms. The quantitative estimate of drug-likeness (QED) is 0.767. The Kier molecular flexibility index (Phi) is 2.67. The Labute approximate surface area is 109 Å². The van der Waals surface area contributed by atoms with E-state index in [-0.39, 0.29) is 5.82 Å². The van der Waals surface area contributed by atoms with Crippen molar-refractivity contribution in [2.45, 2.75) is 13.5 Å². The topological polar surface area (TPSA) is 56.7 Å². The number of aromatic nitrogens is 3. The van der Waals surface area contributed by atoms with Crippen LogP contribution < -0.4 is 5.73 Å². The van der Waals surface area contributed by atoms with Gasteiger partial charge in [0, 0.05) is 18.3 Å². The van der Waals surface area contributed by atoms with E-state index < -0.39 is 0 Å². The lowest BCUT2D eigenvalue weighted by Gasteiger charge is -2.06. The zero-order valence-corrected chi connectivity index (χ0v) is 10.5. The van der Waals surface area contributed by atoms with E-state index in [1.165, 1.54) is 6.07 Å². The van der Waals surface area contributed by atoms with E-state index in [1.54, 1.807) is 18.3 Å². The van der Waals surface area contributed by atoms with E-state index in [0.29, 0.717) is 23.7 Å². The van der Waals surface area contributed by atoms with Crippen molar-refractivity contribution >= 4 is 16.9 Å². The van der Waals surface area contributed by atoms with Crippen LogP contribution in [0.15, 0.2) is 36.5 Å². The number of benzene rings is 1. The van der Waals surface area contributed by atoms with Crippen molar-refractivity contribution in [3.05, 3.63) is 42.3 Å². The van der Waals surface area contributed by atoms with Gasteiger partial charge in [-0.2, -0.15) is 0 Å². The molecule has 0 atom stereocenters. The van der Waals surface area contributed by atoms with Gasteiger partial charge in [-0.1, -0.05) is 6.07 Å². The molecule has 1 aromatic carbocycles. The molecule has 0 bridgehead atoms. The molecule has 0 aliphatic carbocycles. The average Bonchev–Trinajstić information content (AvgIpc) is 2.79. The average molecular weight is 256 g/mol. The number of nitrogens with zero attached hydrogens (tertiary/aromatic N) is 3. The van der Waals surface area contributed by atoms with Gasteiger partial charge < -0.3 is 10.3 Å². The fourth-order valence-electron chi connectivity index (χ4n) is 2.24. The smallest absolute Gasteiger partial charge is 0.151 e. The summed E-state index contributed by atoms with van der Waals surface area (Å²) in [6, 6.07) is 8.53. The molecule has 2 aromatic heterocycles. The van der Waals surface area contributed by atoms with Gasteiger partial charge >= 0.3 is 0 Å². The van der Waals surface area contributed by atoms with Crippen molar-refractivity contribution in [1.29, 1.82) is 0 Å². The molecular formula is C14H13FN4. The predicted molar refractivity (Wildman–Crippen MR) is 73.0 cm³/mol. The Balaban J connectivity index is 2.32. The monoisotopic (exact) mass is 256 g/mol. The maximum absolute atomic E-state index is 13.8. The summed E-state index contributed by atoms with van der Waals surface area (Å²) in [5, 5.41) is 0. The molecule has 2 heterocycles. The van der Waals surface area contributed by atoms with Crippen molar-refractivity contribution in [3.8, 4) is 11.4 Å². The van der Waals surface area contributed by atoms with Gasteiger partial charge in [-0.3, -0.25) is 0 Å². The molecule has 96 valence electrons. The molecular weight excluding hydrogens is 243 g/mol. The predicted octanol–water partition coefficient (Wildman–Crippen LogP) is 2.84. The van der Waals surface area contributed by atoms with Gasteiger partial charge in [-0.15, -0.1) is 0 Å². The van der Waals surface area contributed by atoms with Gasteiger partial charge in [0.15, 0.2) is 5.82 Å². The summed E-state index contributed by atoms with van der Waals surface area (Å²) in [6.07, 6.45) is 1.63. The third kappa shape index (κ3) is 1.83. The van der Waals surface area contributed by atoms with Crippen LogP contribution >= 0.6 is 0 Å². The number of nitrogens with two attached hydrogens (primary N) is 1. The lowest BCUT2D eigenvalue weighted by Crippen LogP contribution is -1.98. The molecule has 5 heteroatoms. The van der Waals surface area contributed by atoms with Gasteiger partial charge in [-0.05, 0) is 31.2 Å². The van der Waals surface area contributed by atoms with E-state index >= 15 is 0 Å². The third-order valence-electron chi connectivity index (χ3n) is 3.09. The van der Waals surface area contributed by atoms with Gasteiger partial charge in [0.05, 0.1) is 5.52 Å². The first kappa shape index (κ1) is 11.6. The minimum absolute atomic E-state index is 0.312. The Hall–Kier alpha value is -2.43. The first-order chi connectivity index (χ1) is 9.20. The number of anilines is 1. The van der Waals surface area contributed by atoms with Crippen LogP contribution in [-0.4, -0.2) is 14.5 Å². The molecule has 0 saturated carbocycles. The second kappa shape index (κ2) is 4.35. The fourth-order valence-corrected chi connectivity index (χ4v) is 2.24. The molecule has 0 aliphatic rings. The fraction of sp³-hybridized carbons (Fsp3) is 0.143.